The zero-order valence-corrected chi connectivity index (χ0v) is 10.0. The highest BCUT2D eigenvalue weighted by molar-refractivity contribution is 7.80. The van der Waals surface area contributed by atoms with Crippen molar-refractivity contribution in [1.82, 2.24) is 0 Å². The molecule has 5 heteroatoms. The van der Waals surface area contributed by atoms with Gasteiger partial charge in [-0.1, -0.05) is 31.9 Å². The Morgan fingerprint density at radius 2 is 1.73 bits per heavy atom. The Morgan fingerprint density at radius 3 is 2.27 bits per heavy atom. The van der Waals surface area contributed by atoms with Crippen molar-refractivity contribution in [2.45, 2.75) is 45.4 Å². The number of rotatable bonds is 9. The van der Waals surface area contributed by atoms with Gasteiger partial charge in [0.25, 0.3) is 0 Å². The topological polar surface area (TPSA) is 63.6 Å². The van der Waals surface area contributed by atoms with Gasteiger partial charge >= 0.3 is 10.4 Å². The van der Waals surface area contributed by atoms with Crippen LogP contribution in [0.3, 0.4) is 0 Å². The van der Waals surface area contributed by atoms with Crippen molar-refractivity contribution in [2.24, 2.45) is 0 Å². The Hall–Kier alpha value is -0.390. The lowest BCUT2D eigenvalue weighted by atomic mass is 10.2. The first-order valence-electron chi connectivity index (χ1n) is 5.33. The summed E-state index contributed by atoms with van der Waals surface area (Å²) in [6.07, 6.45) is 10.2. The third-order valence-corrected chi connectivity index (χ3v) is 2.35. The summed E-state index contributed by atoms with van der Waals surface area (Å²) < 4.78 is 32.7. The average Bonchev–Trinajstić information content (AvgIpc) is 2.14. The van der Waals surface area contributed by atoms with E-state index in [1.807, 2.05) is 0 Å². The number of unbranched alkanes of at least 4 members (excludes halogenated alkanes) is 4. The molecule has 15 heavy (non-hydrogen) atoms. The van der Waals surface area contributed by atoms with Crippen LogP contribution in [-0.2, 0) is 14.6 Å². The molecule has 0 amide bonds. The molecule has 0 rings (SSSR count). The van der Waals surface area contributed by atoms with Crippen molar-refractivity contribution in [3.63, 3.8) is 0 Å². The lowest BCUT2D eigenvalue weighted by Gasteiger charge is -1.98. The summed E-state index contributed by atoms with van der Waals surface area (Å²) >= 11 is 0. The van der Waals surface area contributed by atoms with E-state index < -0.39 is 10.4 Å². The van der Waals surface area contributed by atoms with E-state index in [2.05, 4.69) is 23.3 Å². The first-order valence-corrected chi connectivity index (χ1v) is 6.69. The Labute approximate surface area is 92.3 Å². The van der Waals surface area contributed by atoms with E-state index in [0.717, 1.165) is 19.3 Å². The first kappa shape index (κ1) is 14.6. The molecule has 0 unspecified atom stereocenters. The first-order chi connectivity index (χ1) is 7.06. The SMILES string of the molecule is CCCCC=CCCCCOS(=O)(=O)O. The zero-order chi connectivity index (χ0) is 11.6. The molecule has 0 heterocycles. The van der Waals surface area contributed by atoms with Gasteiger partial charge in [0.1, 0.15) is 0 Å². The smallest absolute Gasteiger partial charge is 0.264 e. The minimum atomic E-state index is -4.25. The van der Waals surface area contributed by atoms with E-state index in [1.165, 1.54) is 12.8 Å². The zero-order valence-electron chi connectivity index (χ0n) is 9.18. The standard InChI is InChI=1S/C10H20O4S/c1-2-3-4-5-6-7-8-9-10-14-15(11,12)13/h5-6H,2-4,7-10H2,1H3,(H,11,12,13). The van der Waals surface area contributed by atoms with Crippen LogP contribution in [0.4, 0.5) is 0 Å². The molecule has 0 aliphatic carbocycles. The monoisotopic (exact) mass is 236 g/mol. The summed E-state index contributed by atoms with van der Waals surface area (Å²) in [5.41, 5.74) is 0. The molecule has 0 aromatic rings. The third-order valence-electron chi connectivity index (χ3n) is 1.89. The van der Waals surface area contributed by atoms with Gasteiger partial charge in [-0.05, 0) is 25.7 Å². The van der Waals surface area contributed by atoms with Crippen LogP contribution in [0.25, 0.3) is 0 Å². The van der Waals surface area contributed by atoms with E-state index in [4.69, 9.17) is 4.55 Å². The summed E-state index contributed by atoms with van der Waals surface area (Å²) in [7, 11) is -4.25. The molecule has 0 atom stereocenters. The Morgan fingerprint density at radius 1 is 1.13 bits per heavy atom. The van der Waals surface area contributed by atoms with Crippen LogP contribution < -0.4 is 0 Å². The maximum atomic E-state index is 10.2. The molecule has 0 radical (unpaired) electrons. The van der Waals surface area contributed by atoms with E-state index in [9.17, 15) is 8.42 Å². The predicted molar refractivity (Wildman–Crippen MR) is 60.0 cm³/mol. The predicted octanol–water partition coefficient (Wildman–Crippen LogP) is 2.72. The van der Waals surface area contributed by atoms with Crippen LogP contribution >= 0.6 is 0 Å². The van der Waals surface area contributed by atoms with Crippen LogP contribution in [0.15, 0.2) is 12.2 Å². The van der Waals surface area contributed by atoms with Gasteiger partial charge in [-0.25, -0.2) is 4.18 Å². The highest BCUT2D eigenvalue weighted by atomic mass is 32.3. The second-order valence-corrected chi connectivity index (χ2v) is 4.45. The third kappa shape index (κ3) is 13.6. The summed E-state index contributed by atoms with van der Waals surface area (Å²) in [4.78, 5) is 0. The molecule has 0 bridgehead atoms. The molecule has 0 saturated carbocycles. The van der Waals surface area contributed by atoms with Crippen LogP contribution in [0, 0.1) is 0 Å². The molecule has 90 valence electrons. The van der Waals surface area contributed by atoms with E-state index >= 15 is 0 Å². The fraction of sp³-hybridized carbons (Fsp3) is 0.800. The second kappa shape index (κ2) is 8.88. The van der Waals surface area contributed by atoms with Gasteiger partial charge in [-0.3, -0.25) is 4.55 Å². The van der Waals surface area contributed by atoms with Gasteiger partial charge in [-0.15, -0.1) is 0 Å². The van der Waals surface area contributed by atoms with E-state index in [0.29, 0.717) is 6.42 Å². The fourth-order valence-corrected chi connectivity index (χ4v) is 1.41. The highest BCUT2D eigenvalue weighted by Gasteiger charge is 2.01. The Balaban J connectivity index is 3.22. The van der Waals surface area contributed by atoms with Gasteiger partial charge in [0.2, 0.25) is 0 Å². The van der Waals surface area contributed by atoms with Crippen molar-refractivity contribution in [2.75, 3.05) is 6.61 Å². The largest absolute Gasteiger partial charge is 0.397 e. The van der Waals surface area contributed by atoms with Gasteiger partial charge in [0.15, 0.2) is 0 Å². The average molecular weight is 236 g/mol. The van der Waals surface area contributed by atoms with Crippen LogP contribution in [-0.4, -0.2) is 19.6 Å². The Bertz CT molecular complexity index is 257. The van der Waals surface area contributed by atoms with Gasteiger partial charge in [0, 0.05) is 0 Å². The number of hydrogen-bond donors (Lipinski definition) is 1. The minimum Gasteiger partial charge on any atom is -0.264 e. The summed E-state index contributed by atoms with van der Waals surface area (Å²) in [6, 6.07) is 0. The van der Waals surface area contributed by atoms with Crippen molar-refractivity contribution >= 4 is 10.4 Å². The molecule has 0 aromatic heterocycles. The molecule has 0 saturated heterocycles. The molecule has 0 aromatic carbocycles. The van der Waals surface area contributed by atoms with E-state index in [-0.39, 0.29) is 6.61 Å². The lowest BCUT2D eigenvalue weighted by molar-refractivity contribution is 0.263. The van der Waals surface area contributed by atoms with Crippen LogP contribution in [0.2, 0.25) is 0 Å². The number of allylic oxidation sites excluding steroid dienone is 2. The fourth-order valence-electron chi connectivity index (χ4n) is 1.09. The summed E-state index contributed by atoms with van der Waals surface area (Å²) in [5.74, 6) is 0. The van der Waals surface area contributed by atoms with Gasteiger partial charge in [-0.2, -0.15) is 8.42 Å². The molecule has 0 spiro atoms. The minimum absolute atomic E-state index is 0.0572. The quantitative estimate of drug-likeness (QED) is 0.380. The van der Waals surface area contributed by atoms with Crippen molar-refractivity contribution < 1.29 is 17.2 Å². The molecule has 0 aliphatic heterocycles. The molecular weight excluding hydrogens is 216 g/mol. The molecular formula is C10H20O4S. The van der Waals surface area contributed by atoms with Crippen molar-refractivity contribution in [3.8, 4) is 0 Å². The van der Waals surface area contributed by atoms with Crippen LogP contribution in [0.5, 0.6) is 0 Å². The van der Waals surface area contributed by atoms with E-state index in [1.54, 1.807) is 0 Å². The lowest BCUT2D eigenvalue weighted by Crippen LogP contribution is -2.04. The highest BCUT2D eigenvalue weighted by Crippen LogP contribution is 2.01. The van der Waals surface area contributed by atoms with Gasteiger partial charge < -0.3 is 0 Å². The normalized spacial score (nSPS) is 12.4. The maximum absolute atomic E-state index is 10.2. The van der Waals surface area contributed by atoms with Gasteiger partial charge in [0.05, 0.1) is 6.61 Å². The molecule has 4 nitrogen and oxygen atoms in total. The van der Waals surface area contributed by atoms with Crippen molar-refractivity contribution in [1.29, 1.82) is 0 Å². The van der Waals surface area contributed by atoms with Crippen molar-refractivity contribution in [3.05, 3.63) is 12.2 Å². The number of hydrogen-bond acceptors (Lipinski definition) is 3. The summed E-state index contributed by atoms with van der Waals surface area (Å²) in [6.45, 7) is 2.21. The molecule has 0 aliphatic rings. The Kier molecular flexibility index (Phi) is 8.65. The molecule has 0 fully saturated rings. The van der Waals surface area contributed by atoms with Crippen LogP contribution in [0.1, 0.15) is 45.4 Å². The molecule has 1 N–H and O–H groups in total. The second-order valence-electron chi connectivity index (χ2n) is 3.36. The maximum Gasteiger partial charge on any atom is 0.397 e. The summed E-state index contributed by atoms with van der Waals surface area (Å²) in [5, 5.41) is 0.